The summed E-state index contributed by atoms with van der Waals surface area (Å²) in [5.41, 5.74) is 1.29. The highest BCUT2D eigenvalue weighted by atomic mass is 79.9. The monoisotopic (exact) mass is 358 g/mol. The highest BCUT2D eigenvalue weighted by Gasteiger charge is 2.19. The molecule has 2 nitrogen and oxygen atoms in total. The van der Waals surface area contributed by atoms with Crippen molar-refractivity contribution >= 4 is 27.5 Å². The highest BCUT2D eigenvalue weighted by Crippen LogP contribution is 2.24. The molecule has 0 amide bonds. The second-order valence-corrected chi connectivity index (χ2v) is 7.25. The molecule has 112 valence electrons. The molecule has 0 aliphatic carbocycles. The van der Waals surface area contributed by atoms with Crippen molar-refractivity contribution in [1.82, 2.24) is 10.2 Å². The first-order valence-corrected chi connectivity index (χ1v) is 8.62. The summed E-state index contributed by atoms with van der Waals surface area (Å²) in [5.74, 6) is 0.775. The molecule has 1 saturated heterocycles. The SMILES string of the molecule is CC(C)N(Cc1ccc(Br)c(Cl)c1)CC1CCCNC1. The summed E-state index contributed by atoms with van der Waals surface area (Å²) in [4.78, 5) is 2.55. The number of nitrogens with one attached hydrogen (secondary N) is 1. The van der Waals surface area contributed by atoms with Gasteiger partial charge in [0.15, 0.2) is 0 Å². The minimum Gasteiger partial charge on any atom is -0.316 e. The fourth-order valence-corrected chi connectivity index (χ4v) is 3.19. The van der Waals surface area contributed by atoms with Gasteiger partial charge in [-0.05, 0) is 79.3 Å². The van der Waals surface area contributed by atoms with Crippen LogP contribution in [-0.2, 0) is 6.54 Å². The van der Waals surface area contributed by atoms with E-state index >= 15 is 0 Å². The van der Waals surface area contributed by atoms with Gasteiger partial charge < -0.3 is 5.32 Å². The Hall–Kier alpha value is -0.0900. The summed E-state index contributed by atoms with van der Waals surface area (Å²) in [6, 6.07) is 6.82. The van der Waals surface area contributed by atoms with Gasteiger partial charge in [0.2, 0.25) is 0 Å². The average molecular weight is 360 g/mol. The van der Waals surface area contributed by atoms with Gasteiger partial charge in [-0.3, -0.25) is 4.90 Å². The lowest BCUT2D eigenvalue weighted by atomic mass is 9.98. The van der Waals surface area contributed by atoms with Crippen LogP contribution in [-0.4, -0.2) is 30.6 Å². The minimum absolute atomic E-state index is 0.555. The topological polar surface area (TPSA) is 15.3 Å². The predicted octanol–water partition coefficient (Wildman–Crippen LogP) is 4.31. The molecule has 1 aromatic rings. The summed E-state index contributed by atoms with van der Waals surface area (Å²) in [5, 5.41) is 4.30. The third-order valence-corrected chi connectivity index (χ3v) is 5.22. The van der Waals surface area contributed by atoms with Crippen LogP contribution < -0.4 is 5.32 Å². The van der Waals surface area contributed by atoms with E-state index in [1.165, 1.54) is 31.5 Å². The Labute approximate surface area is 136 Å². The van der Waals surface area contributed by atoms with E-state index in [1.807, 2.05) is 6.07 Å². The quantitative estimate of drug-likeness (QED) is 0.842. The average Bonchev–Trinajstić information content (AvgIpc) is 2.43. The van der Waals surface area contributed by atoms with Gasteiger partial charge in [0.1, 0.15) is 0 Å². The van der Waals surface area contributed by atoms with Crippen LogP contribution in [0.15, 0.2) is 22.7 Å². The van der Waals surface area contributed by atoms with E-state index in [0.717, 1.165) is 28.5 Å². The lowest BCUT2D eigenvalue weighted by molar-refractivity contribution is 0.164. The summed E-state index contributed by atoms with van der Waals surface area (Å²) in [6.07, 6.45) is 2.65. The third-order valence-electron chi connectivity index (χ3n) is 3.99. The molecule has 1 aliphatic heterocycles. The Morgan fingerprint density at radius 3 is 2.85 bits per heavy atom. The maximum absolute atomic E-state index is 6.19. The minimum atomic E-state index is 0.555. The maximum atomic E-state index is 6.19. The van der Waals surface area contributed by atoms with E-state index in [9.17, 15) is 0 Å². The molecular weight excluding hydrogens is 336 g/mol. The van der Waals surface area contributed by atoms with Crippen molar-refractivity contribution in [3.63, 3.8) is 0 Å². The van der Waals surface area contributed by atoms with Gasteiger partial charge in [0, 0.05) is 23.6 Å². The Kier molecular flexibility index (Phi) is 6.34. The smallest absolute Gasteiger partial charge is 0.0551 e. The van der Waals surface area contributed by atoms with Crippen LogP contribution >= 0.6 is 27.5 Å². The van der Waals surface area contributed by atoms with Crippen LogP contribution in [0.4, 0.5) is 0 Å². The normalized spacial score (nSPS) is 19.8. The number of halogens is 2. The standard InChI is InChI=1S/C16H24BrClN2/c1-12(2)20(11-14-4-3-7-19-9-14)10-13-5-6-15(17)16(18)8-13/h5-6,8,12,14,19H,3-4,7,9-11H2,1-2H3. The molecule has 1 heterocycles. The van der Waals surface area contributed by atoms with Crippen LogP contribution in [0.3, 0.4) is 0 Å². The summed E-state index contributed by atoms with van der Waals surface area (Å²) in [6.45, 7) is 9.03. The molecular formula is C16H24BrClN2. The zero-order valence-corrected chi connectivity index (χ0v) is 14.7. The molecule has 20 heavy (non-hydrogen) atoms. The molecule has 1 N–H and O–H groups in total. The molecule has 1 aliphatic rings. The second kappa shape index (κ2) is 7.79. The Morgan fingerprint density at radius 2 is 2.25 bits per heavy atom. The van der Waals surface area contributed by atoms with Gasteiger partial charge >= 0.3 is 0 Å². The first-order chi connectivity index (χ1) is 9.56. The van der Waals surface area contributed by atoms with Crippen molar-refractivity contribution < 1.29 is 0 Å². The zero-order chi connectivity index (χ0) is 14.5. The van der Waals surface area contributed by atoms with E-state index < -0.39 is 0 Å². The Balaban J connectivity index is 1.99. The molecule has 0 radical (unpaired) electrons. The largest absolute Gasteiger partial charge is 0.316 e. The summed E-state index contributed by atoms with van der Waals surface area (Å²) >= 11 is 9.64. The van der Waals surface area contributed by atoms with E-state index in [0.29, 0.717) is 6.04 Å². The predicted molar refractivity (Wildman–Crippen MR) is 90.3 cm³/mol. The Morgan fingerprint density at radius 1 is 1.45 bits per heavy atom. The second-order valence-electron chi connectivity index (χ2n) is 5.98. The van der Waals surface area contributed by atoms with Gasteiger partial charge in [-0.15, -0.1) is 0 Å². The molecule has 0 saturated carbocycles. The number of hydrogen-bond acceptors (Lipinski definition) is 2. The van der Waals surface area contributed by atoms with E-state index in [-0.39, 0.29) is 0 Å². The number of piperidine rings is 1. The van der Waals surface area contributed by atoms with Crippen LogP contribution in [0, 0.1) is 5.92 Å². The van der Waals surface area contributed by atoms with Gasteiger partial charge in [-0.1, -0.05) is 17.7 Å². The van der Waals surface area contributed by atoms with Gasteiger partial charge in [0.05, 0.1) is 5.02 Å². The van der Waals surface area contributed by atoms with Crippen molar-refractivity contribution in [2.75, 3.05) is 19.6 Å². The van der Waals surface area contributed by atoms with Crippen LogP contribution in [0.2, 0.25) is 5.02 Å². The Bertz CT molecular complexity index is 430. The number of rotatable bonds is 5. The first kappa shape index (κ1) is 16.3. The van der Waals surface area contributed by atoms with Crippen molar-refractivity contribution in [3.8, 4) is 0 Å². The molecule has 1 fully saturated rings. The molecule has 1 unspecified atom stereocenters. The van der Waals surface area contributed by atoms with Crippen LogP contribution in [0.5, 0.6) is 0 Å². The van der Waals surface area contributed by atoms with Crippen molar-refractivity contribution in [2.24, 2.45) is 5.92 Å². The molecule has 0 spiro atoms. The van der Waals surface area contributed by atoms with Crippen molar-refractivity contribution in [3.05, 3.63) is 33.3 Å². The van der Waals surface area contributed by atoms with Crippen LogP contribution in [0.25, 0.3) is 0 Å². The van der Waals surface area contributed by atoms with E-state index in [1.54, 1.807) is 0 Å². The lowest BCUT2D eigenvalue weighted by Gasteiger charge is -2.33. The number of nitrogens with zero attached hydrogens (tertiary/aromatic N) is 1. The van der Waals surface area contributed by atoms with E-state index in [2.05, 4.69) is 52.1 Å². The van der Waals surface area contributed by atoms with Crippen molar-refractivity contribution in [1.29, 1.82) is 0 Å². The van der Waals surface area contributed by atoms with Gasteiger partial charge in [0.25, 0.3) is 0 Å². The first-order valence-electron chi connectivity index (χ1n) is 7.45. The van der Waals surface area contributed by atoms with Gasteiger partial charge in [-0.25, -0.2) is 0 Å². The van der Waals surface area contributed by atoms with Gasteiger partial charge in [-0.2, -0.15) is 0 Å². The summed E-state index contributed by atoms with van der Waals surface area (Å²) in [7, 11) is 0. The van der Waals surface area contributed by atoms with E-state index in [4.69, 9.17) is 11.6 Å². The number of benzene rings is 1. The number of hydrogen-bond donors (Lipinski definition) is 1. The molecule has 0 bridgehead atoms. The molecule has 4 heteroatoms. The van der Waals surface area contributed by atoms with Crippen molar-refractivity contribution in [2.45, 2.75) is 39.3 Å². The summed E-state index contributed by atoms with van der Waals surface area (Å²) < 4.78 is 0.968. The molecule has 2 rings (SSSR count). The third kappa shape index (κ3) is 4.73. The maximum Gasteiger partial charge on any atom is 0.0551 e. The highest BCUT2D eigenvalue weighted by molar-refractivity contribution is 9.10. The zero-order valence-electron chi connectivity index (χ0n) is 12.3. The molecule has 0 aromatic heterocycles. The molecule has 1 aromatic carbocycles. The van der Waals surface area contributed by atoms with Crippen LogP contribution in [0.1, 0.15) is 32.3 Å². The molecule has 1 atom stereocenters. The lowest BCUT2D eigenvalue weighted by Crippen LogP contribution is -2.40. The fourth-order valence-electron chi connectivity index (χ4n) is 2.74. The fraction of sp³-hybridized carbons (Fsp3) is 0.625.